The molecule has 0 bridgehead atoms. The largest absolute Gasteiger partial charge is 0.337 e. The van der Waals surface area contributed by atoms with Crippen LogP contribution in [-0.2, 0) is 0 Å². The monoisotopic (exact) mass is 1490 g/mol. The molecule has 0 aliphatic carbocycles. The third-order valence-electron chi connectivity index (χ3n) is 21.5. The second-order valence-electron chi connectivity index (χ2n) is 28.7. The van der Waals surface area contributed by atoms with E-state index in [2.05, 4.69) is 491 Å². The van der Waals surface area contributed by atoms with Gasteiger partial charge in [-0.1, -0.05) is 315 Å². The molecule has 19 aromatic rings. The standard InChI is InChI=1S/C108H78N8/c1-9-25-91(26-10-1)113(92-27-11-2-12-28-92)99-69-61-81(62-70-99)77-41-49-85(50-42-77)103-104(86-51-43-78(44-52-86)82-63-71-100(72-64-82)114(93-29-13-3-14-30-93)94-31-15-4-16-32-94)110-107(109-103)89-57-59-90(60-58-89)108-111-105(87-53-45-79(46-54-87)83-65-73-101(74-66-83)115(95-33-17-5-18-34-95)96-35-19-6-20-36-96)106(112-108)88-55-47-80(48-56-88)84-67-75-102(76-68-84)116(97-37-21-7-22-38-97)98-39-23-8-24-40-98/h1-76H,(H,109,110)(H,111,112). The molecule has 0 saturated carbocycles. The number of aromatic amines is 2. The number of H-pyrrole nitrogens is 2. The van der Waals surface area contributed by atoms with Gasteiger partial charge in [0.1, 0.15) is 11.6 Å². The molecule has 0 unspecified atom stereocenters. The summed E-state index contributed by atoms with van der Waals surface area (Å²) in [6.45, 7) is 0. The molecular weight excluding hydrogens is 1410 g/mol. The smallest absolute Gasteiger partial charge is 0.138 e. The minimum absolute atomic E-state index is 0.753. The van der Waals surface area contributed by atoms with Gasteiger partial charge in [0.05, 0.1) is 22.8 Å². The molecule has 116 heavy (non-hydrogen) atoms. The van der Waals surface area contributed by atoms with Crippen molar-refractivity contribution in [2.24, 2.45) is 0 Å². The van der Waals surface area contributed by atoms with E-state index in [1.54, 1.807) is 0 Å². The summed E-state index contributed by atoms with van der Waals surface area (Å²) in [6.07, 6.45) is 0. The summed E-state index contributed by atoms with van der Waals surface area (Å²) in [4.78, 5) is 27.9. The van der Waals surface area contributed by atoms with E-state index >= 15 is 0 Å². The summed E-state index contributed by atoms with van der Waals surface area (Å²) in [7, 11) is 0. The van der Waals surface area contributed by atoms with Gasteiger partial charge in [-0.2, -0.15) is 0 Å². The Morgan fingerprint density at radius 3 is 0.448 bits per heavy atom. The van der Waals surface area contributed by atoms with E-state index in [1.807, 2.05) is 0 Å². The van der Waals surface area contributed by atoms with Gasteiger partial charge < -0.3 is 29.6 Å². The molecule has 2 heterocycles. The average molecular weight is 1490 g/mol. The number of nitrogens with zero attached hydrogens (tertiary/aromatic N) is 6. The highest BCUT2D eigenvalue weighted by atomic mass is 15.2. The molecule has 0 aliphatic rings. The Balaban J connectivity index is 0.648. The zero-order chi connectivity index (χ0) is 77.4. The number of hydrogen-bond acceptors (Lipinski definition) is 6. The van der Waals surface area contributed by atoms with Crippen LogP contribution in [0.4, 0.5) is 68.2 Å². The third kappa shape index (κ3) is 14.9. The topological polar surface area (TPSA) is 70.3 Å². The van der Waals surface area contributed by atoms with E-state index in [9.17, 15) is 0 Å². The lowest BCUT2D eigenvalue weighted by Crippen LogP contribution is -2.09. The van der Waals surface area contributed by atoms with Crippen molar-refractivity contribution in [3.05, 3.63) is 461 Å². The highest BCUT2D eigenvalue weighted by Crippen LogP contribution is 2.44. The summed E-state index contributed by atoms with van der Waals surface area (Å²) >= 11 is 0. The van der Waals surface area contributed by atoms with Crippen molar-refractivity contribution < 1.29 is 0 Å². The molecule has 2 aromatic heterocycles. The van der Waals surface area contributed by atoms with E-state index in [0.717, 1.165) is 181 Å². The van der Waals surface area contributed by atoms with Crippen LogP contribution < -0.4 is 19.6 Å². The second-order valence-corrected chi connectivity index (χ2v) is 28.7. The molecule has 0 amide bonds. The van der Waals surface area contributed by atoms with Crippen LogP contribution in [0.2, 0.25) is 0 Å². The van der Waals surface area contributed by atoms with Crippen molar-refractivity contribution in [2.45, 2.75) is 0 Å². The average Bonchev–Trinajstić information content (AvgIpc) is 1.61. The lowest BCUT2D eigenvalue weighted by atomic mass is 9.98. The first-order chi connectivity index (χ1) is 57.5. The molecule has 2 N–H and O–H groups in total. The van der Waals surface area contributed by atoms with Crippen LogP contribution in [0.15, 0.2) is 461 Å². The molecule has 8 heteroatoms. The van der Waals surface area contributed by atoms with Crippen molar-refractivity contribution in [3.63, 3.8) is 0 Å². The number of anilines is 12. The van der Waals surface area contributed by atoms with Gasteiger partial charge in [0, 0.05) is 102 Å². The van der Waals surface area contributed by atoms with Gasteiger partial charge in [0.2, 0.25) is 0 Å². The molecule has 0 radical (unpaired) electrons. The third-order valence-corrected chi connectivity index (χ3v) is 21.5. The van der Waals surface area contributed by atoms with E-state index in [0.29, 0.717) is 0 Å². The highest BCUT2D eigenvalue weighted by molar-refractivity contribution is 5.89. The van der Waals surface area contributed by atoms with Crippen molar-refractivity contribution in [1.82, 2.24) is 19.9 Å². The van der Waals surface area contributed by atoms with Gasteiger partial charge in [-0.15, -0.1) is 0 Å². The minimum Gasteiger partial charge on any atom is -0.337 e. The molecule has 550 valence electrons. The minimum atomic E-state index is 0.753. The molecule has 0 fully saturated rings. The highest BCUT2D eigenvalue weighted by Gasteiger charge is 2.23. The maximum absolute atomic E-state index is 5.51. The first-order valence-electron chi connectivity index (χ1n) is 39.3. The number of imidazole rings is 2. The van der Waals surface area contributed by atoms with Gasteiger partial charge in [0.15, 0.2) is 0 Å². The predicted octanol–water partition coefficient (Wildman–Crippen LogP) is 29.7. The first kappa shape index (κ1) is 70.7. The normalized spacial score (nSPS) is 11.1. The number of hydrogen-bond donors (Lipinski definition) is 2. The van der Waals surface area contributed by atoms with Crippen molar-refractivity contribution in [1.29, 1.82) is 0 Å². The number of aromatic nitrogens is 4. The number of para-hydroxylation sites is 8. The molecule has 8 nitrogen and oxygen atoms in total. The van der Waals surface area contributed by atoms with Gasteiger partial charge >= 0.3 is 0 Å². The number of rotatable bonds is 22. The fourth-order valence-corrected chi connectivity index (χ4v) is 15.6. The zero-order valence-electron chi connectivity index (χ0n) is 63.6. The molecule has 0 spiro atoms. The van der Waals surface area contributed by atoms with E-state index in [4.69, 9.17) is 9.97 Å². The maximum Gasteiger partial charge on any atom is 0.138 e. The Kier molecular flexibility index (Phi) is 19.7. The lowest BCUT2D eigenvalue weighted by molar-refractivity contribution is 1.28. The van der Waals surface area contributed by atoms with Gasteiger partial charge in [0.25, 0.3) is 0 Å². The summed E-state index contributed by atoms with van der Waals surface area (Å²) < 4.78 is 0. The van der Waals surface area contributed by atoms with E-state index in [-0.39, 0.29) is 0 Å². The van der Waals surface area contributed by atoms with Gasteiger partial charge in [-0.3, -0.25) is 0 Å². The van der Waals surface area contributed by atoms with Gasteiger partial charge in [-0.25, -0.2) is 9.97 Å². The predicted molar refractivity (Wildman–Crippen MR) is 484 cm³/mol. The Labute approximate surface area is 676 Å². The van der Waals surface area contributed by atoms with Crippen molar-refractivity contribution in [3.8, 4) is 112 Å². The SMILES string of the molecule is c1ccc(N(c2ccccc2)c2ccc(-c3ccc(-c4nc(-c5ccc(-c6nc(-c7ccc(-c8ccc(N(c9ccccc9)c9ccccc9)cc8)cc7)c(-c7ccc(-c8ccc(N(c9ccccc9)c9ccccc9)cc8)cc7)[nH]6)cc5)[nH]c4-c4ccc(-c5ccc(N(c6ccccc6)c6ccccc6)cc5)cc4)cc3)cc2)cc1. The Bertz CT molecular complexity index is 5500. The summed E-state index contributed by atoms with van der Waals surface area (Å²) in [5.41, 5.74) is 31.5. The second kappa shape index (κ2) is 32.4. The number of nitrogens with one attached hydrogen (secondary N) is 2. The fraction of sp³-hybridized carbons (Fsp3) is 0. The zero-order valence-corrected chi connectivity index (χ0v) is 63.6. The molecule has 17 aromatic carbocycles. The molecule has 0 atom stereocenters. The quantitative estimate of drug-likeness (QED) is 0.0705. The summed E-state index contributed by atoms with van der Waals surface area (Å²) in [6, 6.07) is 163. The fourth-order valence-electron chi connectivity index (χ4n) is 15.6. The van der Waals surface area contributed by atoms with Crippen LogP contribution in [0.5, 0.6) is 0 Å². The van der Waals surface area contributed by atoms with Crippen LogP contribution in [-0.4, -0.2) is 19.9 Å². The Hall–Kier alpha value is -15.6. The number of benzene rings is 17. The van der Waals surface area contributed by atoms with Crippen LogP contribution in [0, 0.1) is 0 Å². The summed E-state index contributed by atoms with van der Waals surface area (Å²) in [5.74, 6) is 1.51. The Morgan fingerprint density at radius 1 is 0.129 bits per heavy atom. The first-order valence-corrected chi connectivity index (χ1v) is 39.3. The maximum atomic E-state index is 5.51. The molecular formula is C108H78N8. The molecule has 19 rings (SSSR count). The van der Waals surface area contributed by atoms with Crippen LogP contribution in [0.25, 0.3) is 112 Å². The van der Waals surface area contributed by atoms with Crippen molar-refractivity contribution >= 4 is 68.2 Å². The van der Waals surface area contributed by atoms with E-state index in [1.165, 1.54) is 0 Å². The van der Waals surface area contributed by atoms with Crippen molar-refractivity contribution in [2.75, 3.05) is 19.6 Å². The van der Waals surface area contributed by atoms with Gasteiger partial charge in [-0.05, 0) is 190 Å². The Morgan fingerprint density at radius 2 is 0.267 bits per heavy atom. The molecule has 0 saturated heterocycles. The lowest BCUT2D eigenvalue weighted by Gasteiger charge is -2.25. The van der Waals surface area contributed by atoms with Crippen LogP contribution >= 0.6 is 0 Å². The van der Waals surface area contributed by atoms with Crippen LogP contribution in [0.1, 0.15) is 0 Å². The summed E-state index contributed by atoms with van der Waals surface area (Å²) in [5, 5.41) is 0. The molecule has 0 aliphatic heterocycles. The van der Waals surface area contributed by atoms with E-state index < -0.39 is 0 Å². The van der Waals surface area contributed by atoms with Crippen LogP contribution in [0.3, 0.4) is 0 Å².